The van der Waals surface area contributed by atoms with Crippen LogP contribution in [0.5, 0.6) is 0 Å². The van der Waals surface area contributed by atoms with E-state index in [0.717, 1.165) is 42.8 Å². The highest BCUT2D eigenvalue weighted by molar-refractivity contribution is 5.76. The molecule has 0 spiro atoms. The largest absolute Gasteiger partial charge is 0.369 e. The molecule has 1 fully saturated rings. The van der Waals surface area contributed by atoms with Gasteiger partial charge in [-0.1, -0.05) is 6.07 Å². The molecule has 3 aromatic heterocycles. The fourth-order valence-corrected chi connectivity index (χ4v) is 3.91. The van der Waals surface area contributed by atoms with Crippen LogP contribution in [0.3, 0.4) is 0 Å². The molecular formula is C24H25N7O. The summed E-state index contributed by atoms with van der Waals surface area (Å²) in [5, 5.41) is 4.08. The van der Waals surface area contributed by atoms with Crippen molar-refractivity contribution in [2.75, 3.05) is 43.4 Å². The second-order valence-corrected chi connectivity index (χ2v) is 8.05. The lowest BCUT2D eigenvalue weighted by atomic mass is 10.2. The summed E-state index contributed by atoms with van der Waals surface area (Å²) < 4.78 is 1.65. The Morgan fingerprint density at radius 2 is 1.78 bits per heavy atom. The van der Waals surface area contributed by atoms with Crippen molar-refractivity contribution >= 4 is 28.4 Å². The highest BCUT2D eigenvalue weighted by atomic mass is 16.1. The van der Waals surface area contributed by atoms with Gasteiger partial charge in [0.15, 0.2) is 0 Å². The summed E-state index contributed by atoms with van der Waals surface area (Å²) in [5.74, 6) is 0.454. The van der Waals surface area contributed by atoms with E-state index in [1.807, 2.05) is 24.3 Å². The molecule has 4 aromatic rings. The number of pyridine rings is 2. The molecule has 162 valence electrons. The van der Waals surface area contributed by atoms with E-state index in [-0.39, 0.29) is 5.56 Å². The van der Waals surface area contributed by atoms with Crippen molar-refractivity contribution in [2.45, 2.75) is 6.54 Å². The summed E-state index contributed by atoms with van der Waals surface area (Å²) in [6.07, 6.45) is 5.21. The second-order valence-electron chi connectivity index (χ2n) is 8.05. The molecule has 0 saturated carbocycles. The molecular weight excluding hydrogens is 402 g/mol. The third kappa shape index (κ3) is 4.31. The number of hydrogen-bond donors (Lipinski definition) is 1. The van der Waals surface area contributed by atoms with Gasteiger partial charge in [-0.2, -0.15) is 4.98 Å². The van der Waals surface area contributed by atoms with Crippen molar-refractivity contribution in [1.29, 1.82) is 0 Å². The number of nitrogens with zero attached hydrogens (tertiary/aromatic N) is 6. The fraction of sp³-hybridized carbons (Fsp3) is 0.250. The molecule has 1 aliphatic heterocycles. The zero-order valence-electron chi connectivity index (χ0n) is 18.0. The van der Waals surface area contributed by atoms with Crippen molar-refractivity contribution in [3.05, 3.63) is 83.0 Å². The van der Waals surface area contributed by atoms with Crippen LogP contribution < -0.4 is 15.8 Å². The Labute approximate surface area is 186 Å². The fourth-order valence-electron chi connectivity index (χ4n) is 3.91. The molecule has 0 aliphatic carbocycles. The van der Waals surface area contributed by atoms with E-state index >= 15 is 0 Å². The summed E-state index contributed by atoms with van der Waals surface area (Å²) in [5.41, 5.74) is 3.54. The molecule has 4 heterocycles. The summed E-state index contributed by atoms with van der Waals surface area (Å²) >= 11 is 0. The number of likely N-dealkylation sites (N-methyl/N-ethyl adjacent to an activating group) is 1. The lowest BCUT2D eigenvalue weighted by Crippen LogP contribution is -2.44. The summed E-state index contributed by atoms with van der Waals surface area (Å²) in [6, 6.07) is 15.4. The first-order valence-electron chi connectivity index (χ1n) is 10.7. The normalized spacial score (nSPS) is 14.6. The molecule has 0 unspecified atom stereocenters. The number of nitrogens with one attached hydrogen (secondary N) is 1. The molecule has 1 aliphatic rings. The van der Waals surface area contributed by atoms with Crippen LogP contribution in [-0.4, -0.2) is 57.6 Å². The minimum atomic E-state index is -0.109. The second kappa shape index (κ2) is 8.76. The maximum Gasteiger partial charge on any atom is 0.252 e. The van der Waals surface area contributed by atoms with Gasteiger partial charge in [0.05, 0.1) is 6.54 Å². The van der Waals surface area contributed by atoms with Crippen LogP contribution in [0.1, 0.15) is 5.56 Å². The highest BCUT2D eigenvalue weighted by Gasteiger charge is 2.14. The highest BCUT2D eigenvalue weighted by Crippen LogP contribution is 2.21. The summed E-state index contributed by atoms with van der Waals surface area (Å²) in [6.45, 7) is 4.62. The van der Waals surface area contributed by atoms with Crippen LogP contribution in [0.15, 0.2) is 71.9 Å². The molecule has 8 nitrogen and oxygen atoms in total. The number of piperazine rings is 1. The van der Waals surface area contributed by atoms with Crippen molar-refractivity contribution in [3.63, 3.8) is 0 Å². The van der Waals surface area contributed by atoms with E-state index in [4.69, 9.17) is 0 Å². The average molecular weight is 428 g/mol. The summed E-state index contributed by atoms with van der Waals surface area (Å²) in [4.78, 5) is 30.5. The van der Waals surface area contributed by atoms with Crippen LogP contribution >= 0.6 is 0 Å². The van der Waals surface area contributed by atoms with Crippen LogP contribution in [0.2, 0.25) is 0 Å². The van der Waals surface area contributed by atoms with Gasteiger partial charge in [0.2, 0.25) is 5.95 Å². The van der Waals surface area contributed by atoms with Crippen molar-refractivity contribution in [2.24, 2.45) is 0 Å². The van der Waals surface area contributed by atoms with E-state index in [9.17, 15) is 4.79 Å². The van der Waals surface area contributed by atoms with E-state index in [1.165, 1.54) is 5.69 Å². The molecule has 0 atom stereocenters. The third-order valence-electron chi connectivity index (χ3n) is 5.78. The molecule has 32 heavy (non-hydrogen) atoms. The van der Waals surface area contributed by atoms with E-state index < -0.39 is 0 Å². The van der Waals surface area contributed by atoms with Crippen LogP contribution in [0, 0.1) is 0 Å². The topological polar surface area (TPSA) is 79.2 Å². The van der Waals surface area contributed by atoms with E-state index in [2.05, 4.69) is 49.2 Å². The smallest absolute Gasteiger partial charge is 0.252 e. The first-order chi connectivity index (χ1) is 15.7. The Morgan fingerprint density at radius 3 is 2.53 bits per heavy atom. The Bertz CT molecular complexity index is 1260. The van der Waals surface area contributed by atoms with Crippen LogP contribution in [0.25, 0.3) is 11.0 Å². The summed E-state index contributed by atoms with van der Waals surface area (Å²) in [7, 11) is 2.16. The Morgan fingerprint density at radius 1 is 0.969 bits per heavy atom. The SMILES string of the molecule is CN1CCN(c2ccc(Nc3ncc4ccc(=O)n(Cc5cccnc5)c4n3)cc2)CC1. The van der Waals surface area contributed by atoms with E-state index in [0.29, 0.717) is 18.1 Å². The molecule has 0 amide bonds. The van der Waals surface area contributed by atoms with Gasteiger partial charge in [0, 0.05) is 67.6 Å². The lowest BCUT2D eigenvalue weighted by Gasteiger charge is -2.34. The first-order valence-corrected chi connectivity index (χ1v) is 10.7. The Balaban J connectivity index is 1.39. The first kappa shape index (κ1) is 20.1. The number of fused-ring (bicyclic) bond motifs is 1. The van der Waals surface area contributed by atoms with Crippen LogP contribution in [0.4, 0.5) is 17.3 Å². The molecule has 1 aromatic carbocycles. The van der Waals surface area contributed by atoms with Gasteiger partial charge in [-0.25, -0.2) is 4.98 Å². The maximum atomic E-state index is 12.6. The number of hydrogen-bond acceptors (Lipinski definition) is 7. The predicted octanol–water partition coefficient (Wildman–Crippen LogP) is 2.73. The lowest BCUT2D eigenvalue weighted by molar-refractivity contribution is 0.313. The zero-order valence-corrected chi connectivity index (χ0v) is 18.0. The van der Waals surface area contributed by atoms with Gasteiger partial charge in [-0.05, 0) is 49.0 Å². The van der Waals surface area contributed by atoms with Crippen molar-refractivity contribution < 1.29 is 0 Å². The van der Waals surface area contributed by atoms with Gasteiger partial charge in [-0.15, -0.1) is 0 Å². The van der Waals surface area contributed by atoms with Gasteiger partial charge < -0.3 is 15.1 Å². The minimum Gasteiger partial charge on any atom is -0.369 e. The molecule has 5 rings (SSSR count). The van der Waals surface area contributed by atoms with Gasteiger partial charge in [0.25, 0.3) is 5.56 Å². The Kier molecular flexibility index (Phi) is 5.51. The standard InChI is InChI=1S/C24H25N7O/c1-29-11-13-30(14-12-29)21-7-5-20(6-8-21)27-24-26-16-19-4-9-22(32)31(23(19)28-24)17-18-3-2-10-25-15-18/h2-10,15-16H,11-14,17H2,1H3,(H,26,27,28). The number of anilines is 3. The number of rotatable bonds is 5. The third-order valence-corrected chi connectivity index (χ3v) is 5.78. The number of benzene rings is 1. The molecule has 0 radical (unpaired) electrons. The van der Waals surface area contributed by atoms with Crippen LogP contribution in [-0.2, 0) is 6.54 Å². The Hall–Kier alpha value is -3.78. The minimum absolute atomic E-state index is 0.109. The number of aromatic nitrogens is 4. The van der Waals surface area contributed by atoms with Gasteiger partial charge in [0.1, 0.15) is 5.65 Å². The monoisotopic (exact) mass is 427 g/mol. The molecule has 8 heteroatoms. The molecule has 0 bridgehead atoms. The average Bonchev–Trinajstić information content (AvgIpc) is 2.83. The quantitative estimate of drug-likeness (QED) is 0.525. The van der Waals surface area contributed by atoms with Crippen molar-refractivity contribution in [3.8, 4) is 0 Å². The van der Waals surface area contributed by atoms with E-state index in [1.54, 1.807) is 35.3 Å². The van der Waals surface area contributed by atoms with Gasteiger partial charge in [-0.3, -0.25) is 14.3 Å². The van der Waals surface area contributed by atoms with Gasteiger partial charge >= 0.3 is 0 Å². The molecule has 1 N–H and O–H groups in total. The predicted molar refractivity (Wildman–Crippen MR) is 127 cm³/mol. The zero-order chi connectivity index (χ0) is 21.9. The molecule has 1 saturated heterocycles. The maximum absolute atomic E-state index is 12.6. The van der Waals surface area contributed by atoms with Crippen molar-refractivity contribution in [1.82, 2.24) is 24.4 Å².